The van der Waals surface area contributed by atoms with Crippen LogP contribution in [0.25, 0.3) is 0 Å². The van der Waals surface area contributed by atoms with Crippen LogP contribution in [0.3, 0.4) is 0 Å². The number of aliphatic hydroxyl groups excluding tert-OH is 2. The third kappa shape index (κ3) is 4.57. The van der Waals surface area contributed by atoms with E-state index in [1.54, 1.807) is 0 Å². The lowest BCUT2D eigenvalue weighted by Crippen LogP contribution is -2.46. The second-order valence-corrected chi connectivity index (χ2v) is 1.55. The second-order valence-electron chi connectivity index (χ2n) is 1.55. The van der Waals surface area contributed by atoms with Crippen molar-refractivity contribution in [1.29, 1.82) is 0 Å². The van der Waals surface area contributed by atoms with E-state index >= 15 is 0 Å². The maximum Gasteiger partial charge on any atom is 0.335 e. The molecule has 8 nitrogen and oxygen atoms in total. The van der Waals surface area contributed by atoms with E-state index in [-0.39, 0.29) is 11.0 Å². The van der Waals surface area contributed by atoms with E-state index in [0.29, 0.717) is 0 Å². The largest absolute Gasteiger partial charge is 0.547 e. The molecule has 2 unspecified atom stereocenters. The van der Waals surface area contributed by atoms with Crippen LogP contribution in [0, 0.1) is 0 Å². The Bertz CT molecular complexity index is 135. The molecule has 0 rings (SSSR count). The van der Waals surface area contributed by atoms with E-state index in [1.807, 2.05) is 0 Å². The van der Waals surface area contributed by atoms with Gasteiger partial charge in [-0.25, -0.2) is 4.79 Å². The first-order valence-electron chi connectivity index (χ1n) is 2.26. The van der Waals surface area contributed by atoms with Crippen LogP contribution in [0.4, 0.5) is 0 Å². The summed E-state index contributed by atoms with van der Waals surface area (Å²) in [5.41, 5.74) is 0. The highest BCUT2D eigenvalue weighted by molar-refractivity contribution is 5.81. The first kappa shape index (κ1) is 17.0. The van der Waals surface area contributed by atoms with Crippen LogP contribution in [-0.2, 0) is 9.59 Å². The second kappa shape index (κ2) is 6.49. The quantitative estimate of drug-likeness (QED) is 0.395. The predicted molar refractivity (Wildman–Crippen MR) is 31.9 cm³/mol. The van der Waals surface area contributed by atoms with Crippen molar-refractivity contribution in [2.24, 2.45) is 0 Å². The summed E-state index contributed by atoms with van der Waals surface area (Å²) in [4.78, 5) is 19.4. The highest BCUT2D eigenvalue weighted by atomic mass is 16.4. The van der Waals surface area contributed by atoms with Gasteiger partial charge in [-0.05, 0) is 0 Å². The summed E-state index contributed by atoms with van der Waals surface area (Å²) in [7, 11) is 0. The summed E-state index contributed by atoms with van der Waals surface area (Å²) >= 11 is 0. The van der Waals surface area contributed by atoms with Crippen LogP contribution in [-0.4, -0.2) is 50.4 Å². The first-order chi connectivity index (χ1) is 4.46. The maximum absolute atomic E-state index is 9.74. The van der Waals surface area contributed by atoms with Crippen LogP contribution in [0.2, 0.25) is 0 Å². The number of carboxylic acid groups (broad SMARTS) is 2. The van der Waals surface area contributed by atoms with Gasteiger partial charge in [0.2, 0.25) is 0 Å². The lowest BCUT2D eigenvalue weighted by atomic mass is 10.2. The van der Waals surface area contributed by atoms with Gasteiger partial charge in [0.15, 0.2) is 6.10 Å². The van der Waals surface area contributed by atoms with Gasteiger partial charge in [-0.15, -0.1) is 0 Å². The lowest BCUT2D eigenvalue weighted by molar-refractivity contribution is -0.318. The SMILES string of the molecule is O.O.O=C([O-])C(O)C(O)C(=O)O. The van der Waals surface area contributed by atoms with Gasteiger partial charge in [0, 0.05) is 0 Å². The zero-order valence-corrected chi connectivity index (χ0v) is 5.72. The summed E-state index contributed by atoms with van der Waals surface area (Å²) in [5.74, 6) is -3.83. The number of aliphatic carboxylic acids is 2. The summed E-state index contributed by atoms with van der Waals surface area (Å²) in [6, 6.07) is 0. The number of rotatable bonds is 3. The van der Waals surface area contributed by atoms with E-state index in [9.17, 15) is 14.7 Å². The monoisotopic (exact) mass is 185 g/mol. The van der Waals surface area contributed by atoms with E-state index in [1.165, 1.54) is 0 Å². The van der Waals surface area contributed by atoms with E-state index in [2.05, 4.69) is 0 Å². The fourth-order valence-electron chi connectivity index (χ4n) is 0.264. The van der Waals surface area contributed by atoms with E-state index < -0.39 is 24.1 Å². The highest BCUT2D eigenvalue weighted by Crippen LogP contribution is 1.90. The Labute approximate surface area is 66.3 Å². The Morgan fingerprint density at radius 2 is 1.42 bits per heavy atom. The Kier molecular flexibility index (Phi) is 9.21. The van der Waals surface area contributed by atoms with Crippen molar-refractivity contribution in [3.05, 3.63) is 0 Å². The van der Waals surface area contributed by atoms with E-state index in [4.69, 9.17) is 15.3 Å². The summed E-state index contributed by atoms with van der Waals surface area (Å²) in [6.07, 6.45) is -4.71. The minimum absolute atomic E-state index is 0. The van der Waals surface area contributed by atoms with Crippen molar-refractivity contribution in [3.8, 4) is 0 Å². The molecular formula is C4H9O8-. The van der Waals surface area contributed by atoms with Crippen molar-refractivity contribution in [2.75, 3.05) is 0 Å². The molecule has 0 aromatic carbocycles. The van der Waals surface area contributed by atoms with Crippen molar-refractivity contribution < 1.29 is 41.0 Å². The number of hydrogen-bond donors (Lipinski definition) is 3. The van der Waals surface area contributed by atoms with E-state index in [0.717, 1.165) is 0 Å². The van der Waals surface area contributed by atoms with Crippen molar-refractivity contribution in [2.45, 2.75) is 12.2 Å². The lowest BCUT2D eigenvalue weighted by Gasteiger charge is -2.13. The standard InChI is InChI=1S/C4H6O6.2H2O/c5-1(3(7)8)2(6)4(9)10;;/h1-2,5-6H,(H,7,8)(H,9,10);2*1H2/p-1. The van der Waals surface area contributed by atoms with Crippen molar-refractivity contribution in [3.63, 3.8) is 0 Å². The first-order valence-corrected chi connectivity index (χ1v) is 2.26. The summed E-state index contributed by atoms with van der Waals surface area (Å²) in [6.45, 7) is 0. The number of aliphatic hydroxyl groups is 2. The molecule has 0 heterocycles. The van der Waals surface area contributed by atoms with Crippen LogP contribution in [0.1, 0.15) is 0 Å². The molecule has 0 aromatic rings. The van der Waals surface area contributed by atoms with Crippen LogP contribution in [0.5, 0.6) is 0 Å². The molecule has 0 radical (unpaired) electrons. The minimum atomic E-state index is -2.38. The maximum atomic E-state index is 9.74. The summed E-state index contributed by atoms with van der Waals surface area (Å²) in [5, 5.41) is 34.1. The molecule has 0 saturated heterocycles. The van der Waals surface area contributed by atoms with Gasteiger partial charge in [0.25, 0.3) is 0 Å². The minimum Gasteiger partial charge on any atom is -0.547 e. The third-order valence-electron chi connectivity index (χ3n) is 0.794. The van der Waals surface area contributed by atoms with Gasteiger partial charge in [-0.3, -0.25) is 0 Å². The molecule has 0 bridgehead atoms. The molecule has 0 aliphatic rings. The Hall–Kier alpha value is -1.22. The number of hydrogen-bond acceptors (Lipinski definition) is 5. The van der Waals surface area contributed by atoms with Crippen LogP contribution in [0.15, 0.2) is 0 Å². The van der Waals surface area contributed by atoms with Crippen LogP contribution >= 0.6 is 0 Å². The highest BCUT2D eigenvalue weighted by Gasteiger charge is 2.23. The molecular weight excluding hydrogens is 176 g/mol. The normalized spacial score (nSPS) is 13.2. The van der Waals surface area contributed by atoms with Crippen molar-refractivity contribution in [1.82, 2.24) is 0 Å². The van der Waals surface area contributed by atoms with Crippen molar-refractivity contribution >= 4 is 11.9 Å². The molecule has 0 saturated carbocycles. The predicted octanol–water partition coefficient (Wildman–Crippen LogP) is -5.11. The average Bonchev–Trinajstić information content (AvgIpc) is 1.84. The van der Waals surface area contributed by atoms with Gasteiger partial charge >= 0.3 is 5.97 Å². The Morgan fingerprint density at radius 1 is 1.08 bits per heavy atom. The zero-order chi connectivity index (χ0) is 8.31. The molecule has 74 valence electrons. The Balaban J connectivity index is -0.000000405. The molecule has 0 spiro atoms. The fourth-order valence-corrected chi connectivity index (χ4v) is 0.264. The molecule has 12 heavy (non-hydrogen) atoms. The number of carbonyl (C=O) groups excluding carboxylic acids is 1. The molecule has 0 amide bonds. The smallest absolute Gasteiger partial charge is 0.335 e. The number of carbonyl (C=O) groups is 2. The molecule has 8 heteroatoms. The van der Waals surface area contributed by atoms with Gasteiger partial charge in [-0.2, -0.15) is 0 Å². The topological polar surface area (TPSA) is 181 Å². The zero-order valence-electron chi connectivity index (χ0n) is 5.72. The summed E-state index contributed by atoms with van der Waals surface area (Å²) < 4.78 is 0. The molecule has 0 aliphatic heterocycles. The van der Waals surface area contributed by atoms with Gasteiger partial charge < -0.3 is 36.2 Å². The molecule has 0 aliphatic carbocycles. The molecule has 0 fully saturated rings. The molecule has 2 atom stereocenters. The molecule has 0 aromatic heterocycles. The van der Waals surface area contributed by atoms with Gasteiger partial charge in [0.1, 0.15) is 6.10 Å². The molecule has 7 N–H and O–H groups in total. The third-order valence-corrected chi connectivity index (χ3v) is 0.794. The fraction of sp³-hybridized carbons (Fsp3) is 0.500. The van der Waals surface area contributed by atoms with Gasteiger partial charge in [0.05, 0.1) is 5.97 Å². The van der Waals surface area contributed by atoms with Gasteiger partial charge in [-0.1, -0.05) is 0 Å². The average molecular weight is 185 g/mol. The Morgan fingerprint density at radius 3 is 1.50 bits per heavy atom. The number of carboxylic acids is 2. The van der Waals surface area contributed by atoms with Crippen LogP contribution < -0.4 is 5.11 Å².